The molecule has 0 bridgehead atoms. The molecule has 0 aromatic heterocycles. The second kappa shape index (κ2) is 10.6. The minimum Gasteiger partial charge on any atom is -0.465 e. The molecular formula is C14H22O4. The van der Waals surface area contributed by atoms with Gasteiger partial charge in [-0.3, -0.25) is 9.59 Å². The van der Waals surface area contributed by atoms with E-state index in [9.17, 15) is 9.59 Å². The second-order valence-corrected chi connectivity index (χ2v) is 3.63. The van der Waals surface area contributed by atoms with E-state index in [1.807, 2.05) is 18.2 Å². The van der Waals surface area contributed by atoms with E-state index in [0.29, 0.717) is 6.42 Å². The molecule has 0 spiro atoms. The number of rotatable bonds is 9. The molecule has 0 saturated carbocycles. The quantitative estimate of drug-likeness (QED) is 0.275. The van der Waals surface area contributed by atoms with Crippen molar-refractivity contribution in [1.29, 1.82) is 0 Å². The maximum absolute atomic E-state index is 11.6. The highest BCUT2D eigenvalue weighted by Crippen LogP contribution is 2.10. The Morgan fingerprint density at radius 3 is 2.06 bits per heavy atom. The number of allylic oxidation sites excluding steroid dienone is 3. The highest BCUT2D eigenvalue weighted by atomic mass is 16.6. The van der Waals surface area contributed by atoms with E-state index < -0.39 is 17.9 Å². The van der Waals surface area contributed by atoms with Gasteiger partial charge in [0.2, 0.25) is 0 Å². The summed E-state index contributed by atoms with van der Waals surface area (Å²) in [6, 6.07) is 0. The van der Waals surface area contributed by atoms with Crippen molar-refractivity contribution in [3.63, 3.8) is 0 Å². The lowest BCUT2D eigenvalue weighted by molar-refractivity contribution is -0.161. The van der Waals surface area contributed by atoms with E-state index in [-0.39, 0.29) is 13.2 Å². The summed E-state index contributed by atoms with van der Waals surface area (Å²) in [5.41, 5.74) is 0. The second-order valence-electron chi connectivity index (χ2n) is 3.63. The first-order valence-corrected chi connectivity index (χ1v) is 6.26. The summed E-state index contributed by atoms with van der Waals surface area (Å²) in [7, 11) is 0. The largest absolute Gasteiger partial charge is 0.465 e. The molecule has 0 saturated heterocycles. The third kappa shape index (κ3) is 6.89. The van der Waals surface area contributed by atoms with Crippen molar-refractivity contribution in [2.75, 3.05) is 13.2 Å². The fourth-order valence-electron chi connectivity index (χ4n) is 1.34. The van der Waals surface area contributed by atoms with Crippen molar-refractivity contribution in [2.45, 2.75) is 33.1 Å². The van der Waals surface area contributed by atoms with E-state index in [1.54, 1.807) is 13.8 Å². The van der Waals surface area contributed by atoms with Gasteiger partial charge in [-0.15, -0.1) is 6.58 Å². The highest BCUT2D eigenvalue weighted by molar-refractivity contribution is 5.95. The van der Waals surface area contributed by atoms with E-state index in [4.69, 9.17) is 9.47 Å². The summed E-state index contributed by atoms with van der Waals surface area (Å²) >= 11 is 0. The topological polar surface area (TPSA) is 52.6 Å². The Morgan fingerprint density at radius 2 is 1.61 bits per heavy atom. The number of hydrogen-bond donors (Lipinski definition) is 0. The van der Waals surface area contributed by atoms with Crippen LogP contribution in [0, 0.1) is 5.92 Å². The van der Waals surface area contributed by atoms with Crippen LogP contribution in [0.2, 0.25) is 0 Å². The van der Waals surface area contributed by atoms with Gasteiger partial charge in [0.05, 0.1) is 13.2 Å². The van der Waals surface area contributed by atoms with Crippen LogP contribution in [0.4, 0.5) is 0 Å². The summed E-state index contributed by atoms with van der Waals surface area (Å²) in [5.74, 6) is -1.90. The van der Waals surface area contributed by atoms with Gasteiger partial charge in [0.15, 0.2) is 5.92 Å². The lowest BCUT2D eigenvalue weighted by atomic mass is 10.1. The van der Waals surface area contributed by atoms with Crippen molar-refractivity contribution < 1.29 is 19.1 Å². The fourth-order valence-corrected chi connectivity index (χ4v) is 1.34. The van der Waals surface area contributed by atoms with Crippen molar-refractivity contribution in [1.82, 2.24) is 0 Å². The summed E-state index contributed by atoms with van der Waals surface area (Å²) in [6.45, 7) is 7.55. The predicted molar refractivity (Wildman–Crippen MR) is 69.9 cm³/mol. The first-order valence-electron chi connectivity index (χ1n) is 6.26. The standard InChI is InChI=1S/C14H22O4/c1-4-7-8-9-10-11-12(13(15)17-5-2)14(16)18-6-3/h4,9-10,12H,1,5-8,11H2,2-3H3. The van der Waals surface area contributed by atoms with Crippen LogP contribution >= 0.6 is 0 Å². The summed E-state index contributed by atoms with van der Waals surface area (Å²) in [4.78, 5) is 23.2. The molecule has 0 unspecified atom stereocenters. The molecule has 0 aliphatic heterocycles. The van der Waals surface area contributed by atoms with Crippen LogP contribution in [-0.2, 0) is 19.1 Å². The molecule has 0 amide bonds. The monoisotopic (exact) mass is 254 g/mol. The molecule has 4 heteroatoms. The molecule has 0 radical (unpaired) electrons. The number of ether oxygens (including phenoxy) is 2. The van der Waals surface area contributed by atoms with E-state index >= 15 is 0 Å². The minimum atomic E-state index is -0.857. The Balaban J connectivity index is 4.37. The van der Waals surface area contributed by atoms with Gasteiger partial charge in [0, 0.05) is 0 Å². The molecule has 0 aliphatic rings. The van der Waals surface area contributed by atoms with Crippen molar-refractivity contribution in [3.8, 4) is 0 Å². The zero-order valence-corrected chi connectivity index (χ0v) is 11.2. The van der Waals surface area contributed by atoms with Crippen LogP contribution in [0.25, 0.3) is 0 Å². The van der Waals surface area contributed by atoms with E-state index in [0.717, 1.165) is 12.8 Å². The van der Waals surface area contributed by atoms with Gasteiger partial charge >= 0.3 is 11.9 Å². The Bertz CT molecular complexity index is 276. The van der Waals surface area contributed by atoms with Crippen LogP contribution in [0.1, 0.15) is 33.1 Å². The third-order valence-corrected chi connectivity index (χ3v) is 2.22. The molecule has 0 heterocycles. The van der Waals surface area contributed by atoms with Gasteiger partial charge in [-0.25, -0.2) is 0 Å². The molecule has 4 nitrogen and oxygen atoms in total. The maximum atomic E-state index is 11.6. The zero-order valence-electron chi connectivity index (χ0n) is 11.2. The van der Waals surface area contributed by atoms with Gasteiger partial charge in [0.25, 0.3) is 0 Å². The Kier molecular flexibility index (Phi) is 9.64. The molecule has 0 aromatic carbocycles. The number of carbonyl (C=O) groups is 2. The smallest absolute Gasteiger partial charge is 0.320 e. The molecule has 18 heavy (non-hydrogen) atoms. The van der Waals surface area contributed by atoms with Crippen LogP contribution in [0.15, 0.2) is 24.8 Å². The van der Waals surface area contributed by atoms with Crippen LogP contribution in [0.5, 0.6) is 0 Å². The molecule has 0 aromatic rings. The van der Waals surface area contributed by atoms with Gasteiger partial charge < -0.3 is 9.47 Å². The number of hydrogen-bond acceptors (Lipinski definition) is 4. The van der Waals surface area contributed by atoms with E-state index in [2.05, 4.69) is 6.58 Å². The molecule has 0 aliphatic carbocycles. The highest BCUT2D eigenvalue weighted by Gasteiger charge is 2.27. The lowest BCUT2D eigenvalue weighted by Crippen LogP contribution is -2.27. The molecule has 0 rings (SSSR count). The van der Waals surface area contributed by atoms with Crippen molar-refractivity contribution in [3.05, 3.63) is 24.8 Å². The minimum absolute atomic E-state index is 0.259. The Morgan fingerprint density at radius 1 is 1.06 bits per heavy atom. The third-order valence-electron chi connectivity index (χ3n) is 2.22. The first kappa shape index (κ1) is 16.4. The number of carbonyl (C=O) groups excluding carboxylic acids is 2. The summed E-state index contributed by atoms with van der Waals surface area (Å²) in [5, 5.41) is 0. The average Bonchev–Trinajstić information content (AvgIpc) is 2.34. The van der Waals surface area contributed by atoms with Crippen molar-refractivity contribution >= 4 is 11.9 Å². The molecule has 0 N–H and O–H groups in total. The van der Waals surface area contributed by atoms with Gasteiger partial charge in [-0.05, 0) is 33.1 Å². The first-order chi connectivity index (χ1) is 8.67. The van der Waals surface area contributed by atoms with Crippen molar-refractivity contribution in [2.24, 2.45) is 5.92 Å². The lowest BCUT2D eigenvalue weighted by Gasteiger charge is -2.12. The molecular weight excluding hydrogens is 232 g/mol. The molecule has 0 fully saturated rings. The Hall–Kier alpha value is -1.58. The van der Waals surface area contributed by atoms with Crippen LogP contribution in [-0.4, -0.2) is 25.2 Å². The van der Waals surface area contributed by atoms with Crippen LogP contribution in [0.3, 0.4) is 0 Å². The predicted octanol–water partition coefficient (Wildman–Crippen LogP) is 2.64. The molecule has 102 valence electrons. The summed E-state index contributed by atoms with van der Waals surface area (Å²) in [6.07, 6.45) is 7.59. The fraction of sp³-hybridized carbons (Fsp3) is 0.571. The summed E-state index contributed by atoms with van der Waals surface area (Å²) < 4.78 is 9.72. The van der Waals surface area contributed by atoms with Gasteiger partial charge in [-0.2, -0.15) is 0 Å². The Labute approximate surface area is 109 Å². The van der Waals surface area contributed by atoms with E-state index in [1.165, 1.54) is 0 Å². The maximum Gasteiger partial charge on any atom is 0.320 e. The van der Waals surface area contributed by atoms with Crippen LogP contribution < -0.4 is 0 Å². The number of esters is 2. The SMILES string of the molecule is C=CCCC=CCC(C(=O)OCC)C(=O)OCC. The van der Waals surface area contributed by atoms with Gasteiger partial charge in [0.1, 0.15) is 0 Å². The number of unbranched alkanes of at least 4 members (excludes halogenated alkanes) is 1. The molecule has 0 atom stereocenters. The average molecular weight is 254 g/mol. The normalized spacial score (nSPS) is 10.6. The van der Waals surface area contributed by atoms with Gasteiger partial charge in [-0.1, -0.05) is 18.2 Å². The zero-order chi connectivity index (χ0) is 13.8.